The van der Waals surface area contributed by atoms with Gasteiger partial charge in [-0.2, -0.15) is 0 Å². The third-order valence-electron chi connectivity index (χ3n) is 3.81. The van der Waals surface area contributed by atoms with Crippen LogP contribution in [0.3, 0.4) is 0 Å². The number of halogens is 1. The van der Waals surface area contributed by atoms with Crippen molar-refractivity contribution in [1.82, 2.24) is 5.32 Å². The molecule has 0 aliphatic heterocycles. The Morgan fingerprint density at radius 3 is 2.56 bits per heavy atom. The fourth-order valence-corrected chi connectivity index (χ4v) is 2.77. The molecule has 3 aromatic rings. The summed E-state index contributed by atoms with van der Waals surface area (Å²) in [5.41, 5.74) is 3.27. The van der Waals surface area contributed by atoms with Crippen LogP contribution in [-0.4, -0.2) is 11.9 Å². The average Bonchev–Trinajstić information content (AvgIpc) is 3.18. The summed E-state index contributed by atoms with van der Waals surface area (Å²) >= 11 is 3.44. The molecule has 3 N–H and O–H groups in total. The number of nitrogens with one attached hydrogen (secondary N) is 3. The largest absolute Gasteiger partial charge is 0.459 e. The Labute approximate surface area is 165 Å². The van der Waals surface area contributed by atoms with Gasteiger partial charge in [0.2, 0.25) is 0 Å². The molecule has 0 spiro atoms. The molecular weight excluding hydrogens is 410 g/mol. The summed E-state index contributed by atoms with van der Waals surface area (Å²) in [7, 11) is 0. The highest BCUT2D eigenvalue weighted by molar-refractivity contribution is 9.10. The van der Waals surface area contributed by atoms with E-state index in [1.165, 1.54) is 6.26 Å². The molecular formula is C20H18BrN3O3. The van der Waals surface area contributed by atoms with Crippen LogP contribution >= 0.6 is 15.9 Å². The van der Waals surface area contributed by atoms with Gasteiger partial charge in [0.15, 0.2) is 5.76 Å². The highest BCUT2D eigenvalue weighted by Crippen LogP contribution is 2.20. The Kier molecular flexibility index (Phi) is 5.93. The van der Waals surface area contributed by atoms with E-state index < -0.39 is 0 Å². The number of carbonyl (C=O) groups is 2. The van der Waals surface area contributed by atoms with Crippen LogP contribution in [-0.2, 0) is 6.54 Å². The number of benzene rings is 2. The van der Waals surface area contributed by atoms with E-state index in [9.17, 15) is 9.59 Å². The minimum Gasteiger partial charge on any atom is -0.459 e. The van der Waals surface area contributed by atoms with E-state index >= 15 is 0 Å². The Morgan fingerprint density at radius 1 is 1.00 bits per heavy atom. The average molecular weight is 428 g/mol. The van der Waals surface area contributed by atoms with Crippen LogP contribution < -0.4 is 16.0 Å². The molecule has 0 atom stereocenters. The summed E-state index contributed by atoms with van der Waals surface area (Å²) in [6, 6.07) is 15.8. The van der Waals surface area contributed by atoms with Crippen LogP contribution in [0.5, 0.6) is 0 Å². The Morgan fingerprint density at radius 2 is 1.81 bits per heavy atom. The van der Waals surface area contributed by atoms with Crippen molar-refractivity contribution in [2.24, 2.45) is 0 Å². The minimum absolute atomic E-state index is 0.238. The highest BCUT2D eigenvalue weighted by Gasteiger charge is 2.09. The lowest BCUT2D eigenvalue weighted by molar-refractivity contribution is 0.0996. The number of carbonyl (C=O) groups excluding carboxylic acids is 2. The molecule has 3 rings (SSSR count). The van der Waals surface area contributed by atoms with Gasteiger partial charge in [-0.3, -0.25) is 4.79 Å². The molecule has 0 aliphatic carbocycles. The van der Waals surface area contributed by atoms with E-state index in [2.05, 4.69) is 31.9 Å². The first-order valence-electron chi connectivity index (χ1n) is 8.26. The molecule has 1 heterocycles. The monoisotopic (exact) mass is 427 g/mol. The van der Waals surface area contributed by atoms with Crippen LogP contribution in [0.25, 0.3) is 0 Å². The van der Waals surface area contributed by atoms with Crippen LogP contribution in [0.2, 0.25) is 0 Å². The van der Waals surface area contributed by atoms with Crippen molar-refractivity contribution in [3.63, 3.8) is 0 Å². The molecule has 6 nitrogen and oxygen atoms in total. The molecule has 0 unspecified atom stereocenters. The van der Waals surface area contributed by atoms with Crippen LogP contribution in [0.4, 0.5) is 16.2 Å². The maximum atomic E-state index is 12.1. The van der Waals surface area contributed by atoms with E-state index in [1.54, 1.807) is 24.3 Å². The third-order valence-corrected chi connectivity index (χ3v) is 4.67. The first kappa shape index (κ1) is 18.7. The molecule has 0 bridgehead atoms. The van der Waals surface area contributed by atoms with Crippen LogP contribution in [0.1, 0.15) is 21.7 Å². The first-order chi connectivity index (χ1) is 13.0. The van der Waals surface area contributed by atoms with Crippen LogP contribution in [0, 0.1) is 6.92 Å². The van der Waals surface area contributed by atoms with Crippen LogP contribution in [0.15, 0.2) is 69.8 Å². The predicted octanol–water partition coefficient (Wildman–Crippen LogP) is 4.92. The van der Waals surface area contributed by atoms with Gasteiger partial charge in [0, 0.05) is 22.4 Å². The van der Waals surface area contributed by atoms with Crippen molar-refractivity contribution >= 4 is 39.2 Å². The topological polar surface area (TPSA) is 83.4 Å². The number of aryl methyl sites for hydroxylation is 1. The third kappa shape index (κ3) is 5.21. The number of urea groups is 1. The van der Waals surface area contributed by atoms with Crippen molar-refractivity contribution in [3.05, 3.63) is 82.2 Å². The molecule has 0 radical (unpaired) electrons. The summed E-state index contributed by atoms with van der Waals surface area (Å²) in [6.07, 6.45) is 1.44. The quantitative estimate of drug-likeness (QED) is 0.539. The molecule has 2 aromatic carbocycles. The molecule has 1 aromatic heterocycles. The standard InChI is InChI=1S/C20H18BrN3O3/c1-13-7-8-16(11-17(13)21)24-20(26)22-12-14-4-2-5-15(10-14)23-19(25)18-6-3-9-27-18/h2-11H,12H2,1H3,(H,23,25)(H2,22,24,26). The summed E-state index contributed by atoms with van der Waals surface area (Å²) in [5.74, 6) is -0.0880. The van der Waals surface area contributed by atoms with Gasteiger partial charge < -0.3 is 20.4 Å². The van der Waals surface area contributed by atoms with Gasteiger partial charge in [0.1, 0.15) is 0 Å². The van der Waals surface area contributed by atoms with Gasteiger partial charge in [0.05, 0.1) is 6.26 Å². The Hall–Kier alpha value is -3.06. The van der Waals surface area contributed by atoms with E-state index in [-0.39, 0.29) is 17.7 Å². The highest BCUT2D eigenvalue weighted by atomic mass is 79.9. The van der Waals surface area contributed by atoms with Gasteiger partial charge in [-0.25, -0.2) is 4.79 Å². The number of hydrogen-bond acceptors (Lipinski definition) is 3. The Balaban J connectivity index is 1.55. The smallest absolute Gasteiger partial charge is 0.319 e. The molecule has 7 heteroatoms. The molecule has 0 aliphatic rings. The first-order valence-corrected chi connectivity index (χ1v) is 9.05. The number of anilines is 2. The fraction of sp³-hybridized carbons (Fsp3) is 0.100. The molecule has 0 saturated heterocycles. The lowest BCUT2D eigenvalue weighted by atomic mass is 10.2. The van der Waals surface area contributed by atoms with Gasteiger partial charge in [0.25, 0.3) is 5.91 Å². The molecule has 0 saturated carbocycles. The summed E-state index contributed by atoms with van der Waals surface area (Å²) < 4.78 is 6.00. The van der Waals surface area contributed by atoms with E-state index in [0.29, 0.717) is 17.9 Å². The second-order valence-electron chi connectivity index (χ2n) is 5.90. The number of hydrogen-bond donors (Lipinski definition) is 3. The zero-order chi connectivity index (χ0) is 19.2. The normalized spacial score (nSPS) is 10.3. The lowest BCUT2D eigenvalue weighted by Gasteiger charge is -2.10. The van der Waals surface area contributed by atoms with Crippen molar-refractivity contribution < 1.29 is 14.0 Å². The molecule has 0 fully saturated rings. The molecule has 3 amide bonds. The van der Waals surface area contributed by atoms with E-state index in [1.807, 2.05) is 37.3 Å². The lowest BCUT2D eigenvalue weighted by Crippen LogP contribution is -2.28. The molecule has 27 heavy (non-hydrogen) atoms. The number of furan rings is 1. The van der Waals surface area contributed by atoms with Gasteiger partial charge >= 0.3 is 6.03 Å². The number of rotatable bonds is 5. The van der Waals surface area contributed by atoms with Gasteiger partial charge in [-0.15, -0.1) is 0 Å². The fourth-order valence-electron chi connectivity index (χ4n) is 2.39. The Bertz CT molecular complexity index is 955. The second kappa shape index (κ2) is 8.55. The second-order valence-corrected chi connectivity index (χ2v) is 6.76. The minimum atomic E-state index is -0.326. The molecule has 138 valence electrons. The van der Waals surface area contributed by atoms with E-state index in [4.69, 9.17) is 4.42 Å². The zero-order valence-electron chi connectivity index (χ0n) is 14.6. The van der Waals surface area contributed by atoms with E-state index in [0.717, 1.165) is 15.6 Å². The van der Waals surface area contributed by atoms with Crippen molar-refractivity contribution in [2.75, 3.05) is 10.6 Å². The zero-order valence-corrected chi connectivity index (χ0v) is 16.2. The predicted molar refractivity (Wildman–Crippen MR) is 108 cm³/mol. The van der Waals surface area contributed by atoms with Crippen molar-refractivity contribution in [3.8, 4) is 0 Å². The van der Waals surface area contributed by atoms with Crippen molar-refractivity contribution in [1.29, 1.82) is 0 Å². The summed E-state index contributed by atoms with van der Waals surface area (Å²) in [5, 5.41) is 8.33. The summed E-state index contributed by atoms with van der Waals surface area (Å²) in [6.45, 7) is 2.30. The summed E-state index contributed by atoms with van der Waals surface area (Å²) in [4.78, 5) is 24.1. The maximum absolute atomic E-state index is 12.1. The van der Waals surface area contributed by atoms with Crippen molar-refractivity contribution in [2.45, 2.75) is 13.5 Å². The number of amides is 3. The maximum Gasteiger partial charge on any atom is 0.319 e. The van der Waals surface area contributed by atoms with Gasteiger partial charge in [-0.1, -0.05) is 34.1 Å². The SMILES string of the molecule is Cc1ccc(NC(=O)NCc2cccc(NC(=O)c3ccco3)c2)cc1Br. The van der Waals surface area contributed by atoms with Gasteiger partial charge in [-0.05, 0) is 54.4 Å².